The fourth-order valence-electron chi connectivity index (χ4n) is 3.36. The van der Waals surface area contributed by atoms with Crippen LogP contribution in [0.5, 0.6) is 0 Å². The van der Waals surface area contributed by atoms with E-state index >= 15 is 0 Å². The second-order valence-electron chi connectivity index (χ2n) is 6.64. The first-order chi connectivity index (χ1) is 13.3. The van der Waals surface area contributed by atoms with Crippen LogP contribution in [0.4, 0.5) is 5.82 Å². The molecule has 0 fully saturated rings. The van der Waals surface area contributed by atoms with Crippen LogP contribution in [0, 0.1) is 12.0 Å². The van der Waals surface area contributed by atoms with E-state index in [4.69, 9.17) is 0 Å². The van der Waals surface area contributed by atoms with E-state index in [1.807, 2.05) is 18.6 Å². The molecule has 1 aromatic carbocycles. The van der Waals surface area contributed by atoms with Crippen LogP contribution in [0.3, 0.4) is 0 Å². The molecular formula is C23H22N4. The molecule has 0 saturated heterocycles. The van der Waals surface area contributed by atoms with Gasteiger partial charge in [0.25, 0.3) is 0 Å². The summed E-state index contributed by atoms with van der Waals surface area (Å²) in [6, 6.07) is 18.0. The maximum absolute atomic E-state index is 4.39. The summed E-state index contributed by atoms with van der Waals surface area (Å²) >= 11 is 0. The Labute approximate surface area is 160 Å². The van der Waals surface area contributed by atoms with E-state index < -0.39 is 0 Å². The van der Waals surface area contributed by atoms with Gasteiger partial charge < -0.3 is 0 Å². The van der Waals surface area contributed by atoms with Crippen LogP contribution in [0.25, 0.3) is 11.1 Å². The van der Waals surface area contributed by atoms with Crippen molar-refractivity contribution in [1.29, 1.82) is 0 Å². The summed E-state index contributed by atoms with van der Waals surface area (Å²) in [4.78, 5) is 10.9. The molecule has 1 aliphatic rings. The largest absolute Gasteiger partial charge is 0.299 e. The SMILES string of the molecule is CCN(Cc1ccncc1)Cc1ccc(-c2ccnc3c2CC#CN3)cc1. The Morgan fingerprint density at radius 1 is 0.963 bits per heavy atom. The first kappa shape index (κ1) is 17.3. The minimum absolute atomic E-state index is 0.739. The van der Waals surface area contributed by atoms with Crippen molar-refractivity contribution >= 4 is 5.82 Å². The van der Waals surface area contributed by atoms with Crippen molar-refractivity contribution in [1.82, 2.24) is 14.9 Å². The van der Waals surface area contributed by atoms with Crippen LogP contribution < -0.4 is 5.32 Å². The number of hydrogen-bond donors (Lipinski definition) is 1. The molecule has 0 unspecified atom stereocenters. The zero-order valence-corrected chi connectivity index (χ0v) is 15.4. The van der Waals surface area contributed by atoms with Crippen molar-refractivity contribution in [2.24, 2.45) is 0 Å². The van der Waals surface area contributed by atoms with Gasteiger partial charge in [0.15, 0.2) is 0 Å². The van der Waals surface area contributed by atoms with Crippen LogP contribution in [0.15, 0.2) is 61.1 Å². The molecular weight excluding hydrogens is 332 g/mol. The topological polar surface area (TPSA) is 41.1 Å². The van der Waals surface area contributed by atoms with Crippen LogP contribution in [-0.4, -0.2) is 21.4 Å². The molecule has 0 spiro atoms. The highest BCUT2D eigenvalue weighted by molar-refractivity contribution is 5.74. The Bertz CT molecular complexity index is 969. The number of anilines is 1. The third kappa shape index (κ3) is 3.99. The second-order valence-corrected chi connectivity index (χ2v) is 6.64. The first-order valence-electron chi connectivity index (χ1n) is 9.26. The maximum atomic E-state index is 4.39. The van der Waals surface area contributed by atoms with Crippen molar-refractivity contribution in [3.63, 3.8) is 0 Å². The standard InChI is InChI=1S/C23H22N4/c1-2-27(17-19-9-13-24-14-10-19)16-18-5-7-20(8-6-18)21-11-15-26-23-22(21)4-3-12-25-23/h5-11,13-15H,2,4,16-17H2,1H3,(H,25,26). The highest BCUT2D eigenvalue weighted by atomic mass is 15.1. The molecule has 0 bridgehead atoms. The number of aromatic nitrogens is 2. The van der Waals surface area contributed by atoms with Crippen molar-refractivity contribution in [2.45, 2.75) is 26.4 Å². The van der Waals surface area contributed by atoms with E-state index in [2.05, 4.69) is 81.5 Å². The molecule has 0 radical (unpaired) electrons. The molecule has 1 aliphatic heterocycles. The predicted octanol–water partition coefficient (Wildman–Crippen LogP) is 4.09. The van der Waals surface area contributed by atoms with Crippen LogP contribution >= 0.6 is 0 Å². The van der Waals surface area contributed by atoms with Gasteiger partial charge in [-0.25, -0.2) is 4.98 Å². The minimum atomic E-state index is 0.739. The van der Waals surface area contributed by atoms with Crippen LogP contribution in [-0.2, 0) is 19.5 Å². The van der Waals surface area contributed by atoms with Gasteiger partial charge in [-0.15, -0.1) is 0 Å². The van der Waals surface area contributed by atoms with Crippen LogP contribution in [0.1, 0.15) is 23.6 Å². The average molecular weight is 354 g/mol. The summed E-state index contributed by atoms with van der Waals surface area (Å²) in [5.74, 6) is 3.99. The summed E-state index contributed by atoms with van der Waals surface area (Å²) in [7, 11) is 0. The van der Waals surface area contributed by atoms with Gasteiger partial charge in [-0.1, -0.05) is 37.1 Å². The smallest absolute Gasteiger partial charge is 0.142 e. The fraction of sp³-hybridized carbons (Fsp3) is 0.217. The summed E-state index contributed by atoms with van der Waals surface area (Å²) < 4.78 is 0. The number of rotatable bonds is 6. The third-order valence-electron chi connectivity index (χ3n) is 4.86. The molecule has 0 amide bonds. The Morgan fingerprint density at radius 3 is 2.44 bits per heavy atom. The lowest BCUT2D eigenvalue weighted by atomic mass is 9.97. The van der Waals surface area contributed by atoms with Gasteiger partial charge in [-0.05, 0) is 47.0 Å². The summed E-state index contributed by atoms with van der Waals surface area (Å²) in [5.41, 5.74) is 6.20. The molecule has 4 nitrogen and oxygen atoms in total. The lowest BCUT2D eigenvalue weighted by Gasteiger charge is -2.21. The van der Waals surface area contributed by atoms with Gasteiger partial charge in [0.05, 0.1) is 0 Å². The van der Waals surface area contributed by atoms with E-state index in [1.54, 1.807) is 0 Å². The Hall–Kier alpha value is -3.16. The van der Waals surface area contributed by atoms with Crippen molar-refractivity contribution in [3.05, 3.63) is 77.7 Å². The molecule has 1 N–H and O–H groups in total. The van der Waals surface area contributed by atoms with E-state index in [-0.39, 0.29) is 0 Å². The number of benzene rings is 1. The number of pyridine rings is 2. The van der Waals surface area contributed by atoms with Gasteiger partial charge in [-0.3, -0.25) is 15.2 Å². The van der Waals surface area contributed by atoms with E-state index in [1.165, 1.54) is 27.8 Å². The third-order valence-corrected chi connectivity index (χ3v) is 4.86. The molecule has 3 aromatic rings. The summed E-state index contributed by atoms with van der Waals surface area (Å²) in [6.07, 6.45) is 6.29. The maximum Gasteiger partial charge on any atom is 0.142 e. The monoisotopic (exact) mass is 354 g/mol. The van der Waals surface area contributed by atoms with Gasteiger partial charge in [-0.2, -0.15) is 0 Å². The zero-order valence-electron chi connectivity index (χ0n) is 15.4. The van der Waals surface area contributed by atoms with Crippen LogP contribution in [0.2, 0.25) is 0 Å². The predicted molar refractivity (Wildman–Crippen MR) is 109 cm³/mol. The molecule has 134 valence electrons. The second kappa shape index (κ2) is 8.03. The number of nitrogens with one attached hydrogen (secondary N) is 1. The quantitative estimate of drug-likeness (QED) is 0.677. The number of nitrogens with zero attached hydrogens (tertiary/aromatic N) is 3. The molecule has 27 heavy (non-hydrogen) atoms. The first-order valence-corrected chi connectivity index (χ1v) is 9.26. The lowest BCUT2D eigenvalue weighted by molar-refractivity contribution is 0.271. The molecule has 4 rings (SSSR count). The molecule has 0 saturated carbocycles. The van der Waals surface area contributed by atoms with E-state index in [0.717, 1.165) is 31.9 Å². The lowest BCUT2D eigenvalue weighted by Crippen LogP contribution is -2.22. The Balaban J connectivity index is 1.50. The van der Waals surface area contributed by atoms with E-state index in [0.29, 0.717) is 0 Å². The van der Waals surface area contributed by atoms with Crippen molar-refractivity contribution in [3.8, 4) is 23.1 Å². The van der Waals surface area contributed by atoms with Crippen molar-refractivity contribution < 1.29 is 0 Å². The minimum Gasteiger partial charge on any atom is -0.299 e. The van der Waals surface area contributed by atoms with Crippen molar-refractivity contribution in [2.75, 3.05) is 11.9 Å². The summed E-state index contributed by atoms with van der Waals surface area (Å²) in [6.45, 7) is 5.07. The highest BCUT2D eigenvalue weighted by Crippen LogP contribution is 2.29. The molecule has 3 heterocycles. The van der Waals surface area contributed by atoms with Gasteiger partial charge >= 0.3 is 0 Å². The normalized spacial score (nSPS) is 12.1. The zero-order chi connectivity index (χ0) is 18.5. The molecule has 0 atom stereocenters. The molecule has 0 aliphatic carbocycles. The Morgan fingerprint density at radius 2 is 1.70 bits per heavy atom. The van der Waals surface area contributed by atoms with E-state index in [9.17, 15) is 0 Å². The van der Waals surface area contributed by atoms with Gasteiger partial charge in [0, 0.05) is 49.7 Å². The van der Waals surface area contributed by atoms with Gasteiger partial charge in [0.1, 0.15) is 5.82 Å². The highest BCUT2D eigenvalue weighted by Gasteiger charge is 2.12. The molecule has 2 aromatic heterocycles. The Kier molecular flexibility index (Phi) is 5.13. The van der Waals surface area contributed by atoms with Gasteiger partial charge in [0.2, 0.25) is 0 Å². The fourth-order valence-corrected chi connectivity index (χ4v) is 3.36. The summed E-state index contributed by atoms with van der Waals surface area (Å²) in [5, 5.41) is 3.06. The molecule has 4 heteroatoms. The number of fused-ring (bicyclic) bond motifs is 1. The number of hydrogen-bond acceptors (Lipinski definition) is 4. The average Bonchev–Trinajstić information content (AvgIpc) is 2.74.